The zero-order chi connectivity index (χ0) is 11.9. The fourth-order valence-electron chi connectivity index (χ4n) is 1.35. The zero-order valence-corrected chi connectivity index (χ0v) is 10.9. The summed E-state index contributed by atoms with van der Waals surface area (Å²) in [6, 6.07) is 5.21. The fraction of sp³-hybridized carbons (Fsp3) is 0. The van der Waals surface area contributed by atoms with Gasteiger partial charge in [0.15, 0.2) is 10.9 Å². The first kappa shape index (κ1) is 12.0. The van der Waals surface area contributed by atoms with Crippen LogP contribution in [0.25, 0.3) is 10.9 Å². The Morgan fingerprint density at radius 1 is 1.44 bits per heavy atom. The SMILES string of the molecule is O=P(O)(O)Oc1c(Cl)[nH]c2cccc(Br)c12. The number of rotatable bonds is 2. The van der Waals surface area contributed by atoms with Crippen LogP contribution < -0.4 is 4.52 Å². The first-order chi connectivity index (χ1) is 7.38. The van der Waals surface area contributed by atoms with E-state index in [0.29, 0.717) is 15.4 Å². The smallest absolute Gasteiger partial charge is 0.400 e. The Balaban J connectivity index is 2.68. The van der Waals surface area contributed by atoms with Crippen LogP contribution in [0.2, 0.25) is 5.15 Å². The van der Waals surface area contributed by atoms with E-state index in [0.717, 1.165) is 0 Å². The first-order valence-corrected chi connectivity index (χ1v) is 6.79. The van der Waals surface area contributed by atoms with Crippen LogP contribution in [-0.2, 0) is 4.57 Å². The Bertz CT molecular complexity index is 593. The fourth-order valence-corrected chi connectivity index (χ4v) is 2.60. The van der Waals surface area contributed by atoms with E-state index in [1.807, 2.05) is 0 Å². The van der Waals surface area contributed by atoms with Gasteiger partial charge in [-0.2, -0.15) is 0 Å². The average molecular weight is 326 g/mol. The molecule has 0 aliphatic carbocycles. The molecule has 0 bridgehead atoms. The summed E-state index contributed by atoms with van der Waals surface area (Å²) in [5, 5.41) is 0.543. The minimum absolute atomic E-state index is 0.0465. The predicted molar refractivity (Wildman–Crippen MR) is 63.7 cm³/mol. The third-order valence-electron chi connectivity index (χ3n) is 1.89. The number of halogens is 2. The standard InChI is InChI=1S/C8H6BrClNO4P/c9-4-2-1-3-5-6(4)7(8(10)11-5)15-16(12,13)14/h1-3,11H,(H2,12,13,14). The molecule has 0 aliphatic heterocycles. The van der Waals surface area contributed by atoms with E-state index in [9.17, 15) is 4.57 Å². The summed E-state index contributed by atoms with van der Waals surface area (Å²) in [6.45, 7) is 0. The molecule has 0 fully saturated rings. The van der Waals surface area contributed by atoms with Gasteiger partial charge in [0.1, 0.15) is 0 Å². The molecule has 86 valence electrons. The number of hydrogen-bond donors (Lipinski definition) is 3. The summed E-state index contributed by atoms with van der Waals surface area (Å²) in [5.41, 5.74) is 0.628. The number of aromatic nitrogens is 1. The zero-order valence-electron chi connectivity index (χ0n) is 7.65. The highest BCUT2D eigenvalue weighted by Crippen LogP contribution is 2.46. The van der Waals surface area contributed by atoms with E-state index >= 15 is 0 Å². The van der Waals surface area contributed by atoms with Crippen molar-refractivity contribution in [3.63, 3.8) is 0 Å². The van der Waals surface area contributed by atoms with Gasteiger partial charge in [-0.05, 0) is 28.1 Å². The van der Waals surface area contributed by atoms with Crippen LogP contribution in [0.4, 0.5) is 0 Å². The number of hydrogen-bond acceptors (Lipinski definition) is 2. The van der Waals surface area contributed by atoms with E-state index in [1.165, 1.54) is 0 Å². The van der Waals surface area contributed by atoms with E-state index in [2.05, 4.69) is 25.4 Å². The summed E-state index contributed by atoms with van der Waals surface area (Å²) >= 11 is 9.06. The van der Waals surface area contributed by atoms with Gasteiger partial charge in [0.25, 0.3) is 0 Å². The third kappa shape index (κ3) is 2.26. The molecule has 0 aliphatic rings. The Morgan fingerprint density at radius 2 is 2.12 bits per heavy atom. The highest BCUT2D eigenvalue weighted by Gasteiger charge is 2.23. The van der Waals surface area contributed by atoms with Crippen LogP contribution >= 0.6 is 35.4 Å². The van der Waals surface area contributed by atoms with Crippen molar-refractivity contribution in [3.05, 3.63) is 27.8 Å². The quantitative estimate of drug-likeness (QED) is 0.741. The molecule has 0 radical (unpaired) electrons. The lowest BCUT2D eigenvalue weighted by molar-refractivity contribution is 0.284. The molecule has 0 unspecified atom stereocenters. The molecule has 8 heteroatoms. The summed E-state index contributed by atoms with van der Waals surface area (Å²) < 4.78 is 16.0. The van der Waals surface area contributed by atoms with Gasteiger partial charge in [0, 0.05) is 4.47 Å². The Kier molecular flexibility index (Phi) is 3.03. The molecule has 16 heavy (non-hydrogen) atoms. The minimum Gasteiger partial charge on any atom is -0.400 e. The van der Waals surface area contributed by atoms with Crippen LogP contribution in [0.1, 0.15) is 0 Å². The Labute approximate surface area is 104 Å². The van der Waals surface area contributed by atoms with Crippen molar-refractivity contribution < 1.29 is 18.9 Å². The lowest BCUT2D eigenvalue weighted by atomic mass is 10.2. The van der Waals surface area contributed by atoms with E-state index in [-0.39, 0.29) is 10.9 Å². The highest BCUT2D eigenvalue weighted by molar-refractivity contribution is 9.10. The molecule has 1 aromatic heterocycles. The molecule has 1 heterocycles. The van der Waals surface area contributed by atoms with Gasteiger partial charge >= 0.3 is 7.82 Å². The van der Waals surface area contributed by atoms with Crippen LogP contribution in [-0.4, -0.2) is 14.8 Å². The topological polar surface area (TPSA) is 82.6 Å². The molecule has 0 spiro atoms. The lowest BCUT2D eigenvalue weighted by Crippen LogP contribution is -1.89. The van der Waals surface area contributed by atoms with Crippen LogP contribution in [0.15, 0.2) is 22.7 Å². The second-order valence-electron chi connectivity index (χ2n) is 3.01. The van der Waals surface area contributed by atoms with Gasteiger partial charge in [-0.3, -0.25) is 9.79 Å². The first-order valence-electron chi connectivity index (χ1n) is 4.09. The Hall–Kier alpha value is -0.520. The van der Waals surface area contributed by atoms with Crippen LogP contribution in [0.3, 0.4) is 0 Å². The van der Waals surface area contributed by atoms with Gasteiger partial charge < -0.3 is 9.51 Å². The van der Waals surface area contributed by atoms with Crippen LogP contribution in [0, 0.1) is 0 Å². The van der Waals surface area contributed by atoms with E-state index in [4.69, 9.17) is 21.4 Å². The van der Waals surface area contributed by atoms with Crippen molar-refractivity contribution in [2.24, 2.45) is 0 Å². The van der Waals surface area contributed by atoms with Crippen molar-refractivity contribution in [2.45, 2.75) is 0 Å². The second-order valence-corrected chi connectivity index (χ2v) is 5.41. The van der Waals surface area contributed by atoms with Crippen molar-refractivity contribution >= 4 is 46.3 Å². The molecule has 0 amide bonds. The van der Waals surface area contributed by atoms with Crippen molar-refractivity contribution in [1.29, 1.82) is 0 Å². The molecular formula is C8H6BrClNO4P. The molecule has 0 saturated heterocycles. The summed E-state index contributed by atoms with van der Waals surface area (Å²) in [4.78, 5) is 20.3. The number of aromatic amines is 1. The highest BCUT2D eigenvalue weighted by atomic mass is 79.9. The van der Waals surface area contributed by atoms with Gasteiger partial charge in [-0.1, -0.05) is 17.7 Å². The number of nitrogens with one attached hydrogen (secondary N) is 1. The summed E-state index contributed by atoms with van der Waals surface area (Å²) in [7, 11) is -4.63. The summed E-state index contributed by atoms with van der Waals surface area (Å²) in [6.07, 6.45) is 0. The van der Waals surface area contributed by atoms with Crippen molar-refractivity contribution in [3.8, 4) is 5.75 Å². The maximum atomic E-state index is 10.8. The number of benzene rings is 1. The lowest BCUT2D eigenvalue weighted by Gasteiger charge is -2.06. The van der Waals surface area contributed by atoms with Gasteiger partial charge in [0.2, 0.25) is 0 Å². The maximum absolute atomic E-state index is 10.8. The molecular weight excluding hydrogens is 320 g/mol. The molecule has 5 nitrogen and oxygen atoms in total. The van der Waals surface area contributed by atoms with E-state index in [1.54, 1.807) is 18.2 Å². The molecule has 3 N–H and O–H groups in total. The number of phosphoric acid groups is 1. The van der Waals surface area contributed by atoms with E-state index < -0.39 is 7.82 Å². The molecule has 2 rings (SSSR count). The monoisotopic (exact) mass is 325 g/mol. The third-order valence-corrected chi connectivity index (χ3v) is 3.24. The Morgan fingerprint density at radius 3 is 2.75 bits per heavy atom. The molecule has 2 aromatic rings. The largest absolute Gasteiger partial charge is 0.524 e. The molecule has 1 aromatic carbocycles. The van der Waals surface area contributed by atoms with Crippen molar-refractivity contribution in [2.75, 3.05) is 0 Å². The number of fused-ring (bicyclic) bond motifs is 1. The summed E-state index contributed by atoms with van der Waals surface area (Å²) in [5.74, 6) is -0.0579. The predicted octanol–water partition coefficient (Wildman–Crippen LogP) is 3.06. The minimum atomic E-state index is -4.63. The van der Waals surface area contributed by atoms with Gasteiger partial charge in [-0.25, -0.2) is 4.57 Å². The van der Waals surface area contributed by atoms with Crippen LogP contribution in [0.5, 0.6) is 5.75 Å². The number of phosphoric ester groups is 1. The molecule has 0 saturated carbocycles. The normalized spacial score (nSPS) is 12.0. The number of H-pyrrole nitrogens is 1. The maximum Gasteiger partial charge on any atom is 0.524 e. The van der Waals surface area contributed by atoms with Crippen molar-refractivity contribution in [1.82, 2.24) is 4.98 Å². The van der Waals surface area contributed by atoms with Gasteiger partial charge in [0.05, 0.1) is 10.9 Å². The second kappa shape index (κ2) is 4.05. The molecule has 0 atom stereocenters. The average Bonchev–Trinajstić information content (AvgIpc) is 2.42. The van der Waals surface area contributed by atoms with Gasteiger partial charge in [-0.15, -0.1) is 0 Å².